The molecule has 2 aromatic rings. The molecule has 0 saturated carbocycles. The van der Waals surface area contributed by atoms with Crippen molar-refractivity contribution >= 4 is 10.9 Å². The number of aromatic amines is 1. The average Bonchev–Trinajstić information content (AvgIpc) is 2.64. The number of nitrogens with one attached hydrogen (secondary N) is 1. The highest BCUT2D eigenvalue weighted by Crippen LogP contribution is 2.36. The number of ether oxygens (including phenoxy) is 2. The minimum atomic E-state index is 0.603. The number of hydrogen-bond donors (Lipinski definition) is 1. The Kier molecular flexibility index (Phi) is 2.45. The highest BCUT2D eigenvalue weighted by atomic mass is 16.5. The van der Waals surface area contributed by atoms with Gasteiger partial charge in [-0.1, -0.05) is 0 Å². The number of fused-ring (bicyclic) bond motifs is 1. The third kappa shape index (κ3) is 1.29. The first-order valence-corrected chi connectivity index (χ1v) is 4.86. The Balaban J connectivity index is 2.92. The zero-order chi connectivity index (χ0) is 11.7. The first-order valence-electron chi connectivity index (χ1n) is 4.86. The minimum absolute atomic E-state index is 0.603. The van der Waals surface area contributed by atoms with Gasteiger partial charge in [-0.2, -0.15) is 5.26 Å². The summed E-state index contributed by atoms with van der Waals surface area (Å²) in [4.78, 5) is 3.14. The van der Waals surface area contributed by atoms with Crippen LogP contribution in [0.1, 0.15) is 11.3 Å². The molecule has 0 spiro atoms. The van der Waals surface area contributed by atoms with E-state index in [1.165, 1.54) is 0 Å². The van der Waals surface area contributed by atoms with Crippen molar-refractivity contribution in [2.45, 2.75) is 6.92 Å². The Morgan fingerprint density at radius 3 is 2.38 bits per heavy atom. The van der Waals surface area contributed by atoms with Crippen LogP contribution in [0.15, 0.2) is 12.1 Å². The Labute approximate surface area is 93.4 Å². The molecule has 0 saturated heterocycles. The lowest BCUT2D eigenvalue weighted by Gasteiger charge is -2.05. The molecule has 1 heterocycles. The van der Waals surface area contributed by atoms with Crippen molar-refractivity contribution in [2.24, 2.45) is 0 Å². The molecule has 0 radical (unpaired) electrons. The molecule has 16 heavy (non-hydrogen) atoms. The molecule has 4 heteroatoms. The van der Waals surface area contributed by atoms with Gasteiger partial charge in [0.1, 0.15) is 17.6 Å². The third-order valence-corrected chi connectivity index (χ3v) is 2.62. The maximum Gasteiger partial charge on any atom is 0.143 e. The van der Waals surface area contributed by atoms with Crippen LogP contribution < -0.4 is 9.47 Å². The van der Waals surface area contributed by atoms with Crippen molar-refractivity contribution in [3.63, 3.8) is 0 Å². The Morgan fingerprint density at radius 2 is 1.81 bits per heavy atom. The van der Waals surface area contributed by atoms with Crippen LogP contribution in [0.2, 0.25) is 0 Å². The highest BCUT2D eigenvalue weighted by molar-refractivity contribution is 5.96. The van der Waals surface area contributed by atoms with E-state index in [1.807, 2.05) is 13.0 Å². The monoisotopic (exact) mass is 216 g/mol. The molecular weight excluding hydrogens is 204 g/mol. The third-order valence-electron chi connectivity index (χ3n) is 2.62. The minimum Gasteiger partial charge on any atom is -0.496 e. The molecule has 1 aromatic heterocycles. The number of nitriles is 1. The SMILES string of the molecule is COc1ccc(OC)c2c(C#N)c(C)[nH]c12. The molecule has 0 bridgehead atoms. The van der Waals surface area contributed by atoms with Crippen LogP contribution in [0, 0.1) is 18.3 Å². The summed E-state index contributed by atoms with van der Waals surface area (Å²) in [5.41, 5.74) is 2.22. The summed E-state index contributed by atoms with van der Waals surface area (Å²) in [7, 11) is 3.19. The lowest BCUT2D eigenvalue weighted by molar-refractivity contribution is 0.410. The Bertz CT molecular complexity index is 579. The molecule has 0 aliphatic heterocycles. The van der Waals surface area contributed by atoms with Gasteiger partial charge in [0.25, 0.3) is 0 Å². The van der Waals surface area contributed by atoms with Gasteiger partial charge in [-0.15, -0.1) is 0 Å². The molecular formula is C12H12N2O2. The zero-order valence-electron chi connectivity index (χ0n) is 9.42. The lowest BCUT2D eigenvalue weighted by atomic mass is 10.1. The van der Waals surface area contributed by atoms with E-state index in [9.17, 15) is 0 Å². The van der Waals surface area contributed by atoms with Crippen LogP contribution in [0.4, 0.5) is 0 Å². The molecule has 1 N–H and O–H groups in total. The molecule has 0 fully saturated rings. The van der Waals surface area contributed by atoms with Crippen molar-refractivity contribution < 1.29 is 9.47 Å². The summed E-state index contributed by atoms with van der Waals surface area (Å²) in [6.07, 6.45) is 0. The van der Waals surface area contributed by atoms with Gasteiger partial charge in [-0.3, -0.25) is 0 Å². The van der Waals surface area contributed by atoms with Gasteiger partial charge in [-0.25, -0.2) is 0 Å². The second kappa shape index (κ2) is 3.78. The van der Waals surface area contributed by atoms with Crippen LogP contribution in [-0.2, 0) is 0 Å². The van der Waals surface area contributed by atoms with Crippen LogP contribution in [0.5, 0.6) is 11.5 Å². The largest absolute Gasteiger partial charge is 0.496 e. The second-order valence-corrected chi connectivity index (χ2v) is 3.46. The number of benzene rings is 1. The smallest absolute Gasteiger partial charge is 0.143 e. The first-order chi connectivity index (χ1) is 7.72. The van der Waals surface area contributed by atoms with Crippen molar-refractivity contribution in [3.05, 3.63) is 23.4 Å². The van der Waals surface area contributed by atoms with E-state index in [4.69, 9.17) is 14.7 Å². The quantitative estimate of drug-likeness (QED) is 0.838. The van der Waals surface area contributed by atoms with Crippen molar-refractivity contribution in [1.82, 2.24) is 4.98 Å². The molecule has 2 rings (SSSR count). The number of methoxy groups -OCH3 is 2. The van der Waals surface area contributed by atoms with Gasteiger partial charge >= 0.3 is 0 Å². The van der Waals surface area contributed by atoms with E-state index in [2.05, 4.69) is 11.1 Å². The lowest BCUT2D eigenvalue weighted by Crippen LogP contribution is -1.88. The standard InChI is InChI=1S/C12H12N2O2/c1-7-8(6-13)11-9(15-2)4-5-10(16-3)12(11)14-7/h4-5,14H,1-3H3. The Morgan fingerprint density at radius 1 is 1.19 bits per heavy atom. The fraction of sp³-hybridized carbons (Fsp3) is 0.250. The van der Waals surface area contributed by atoms with E-state index in [0.717, 1.165) is 16.6 Å². The summed E-state index contributed by atoms with van der Waals surface area (Å²) in [5, 5.41) is 9.90. The van der Waals surface area contributed by atoms with E-state index in [-0.39, 0.29) is 0 Å². The highest BCUT2D eigenvalue weighted by Gasteiger charge is 2.15. The fourth-order valence-corrected chi connectivity index (χ4v) is 1.85. The molecule has 82 valence electrons. The van der Waals surface area contributed by atoms with E-state index >= 15 is 0 Å². The number of aryl methyl sites for hydroxylation is 1. The van der Waals surface area contributed by atoms with Crippen LogP contribution >= 0.6 is 0 Å². The maximum atomic E-state index is 9.12. The molecule has 0 unspecified atom stereocenters. The Hall–Kier alpha value is -2.15. The summed E-state index contributed by atoms with van der Waals surface area (Å²) in [6, 6.07) is 5.80. The predicted octanol–water partition coefficient (Wildman–Crippen LogP) is 2.37. The van der Waals surface area contributed by atoms with Gasteiger partial charge in [-0.05, 0) is 19.1 Å². The summed E-state index contributed by atoms with van der Waals surface area (Å²) in [6.45, 7) is 1.86. The number of nitrogens with zero attached hydrogens (tertiary/aromatic N) is 1. The van der Waals surface area contributed by atoms with Crippen molar-refractivity contribution in [1.29, 1.82) is 5.26 Å². The number of aromatic nitrogens is 1. The van der Waals surface area contributed by atoms with Gasteiger partial charge in [0.15, 0.2) is 0 Å². The molecule has 0 amide bonds. The van der Waals surface area contributed by atoms with Crippen molar-refractivity contribution in [2.75, 3.05) is 14.2 Å². The molecule has 0 aliphatic carbocycles. The maximum absolute atomic E-state index is 9.12. The van der Waals surface area contributed by atoms with E-state index in [0.29, 0.717) is 17.1 Å². The van der Waals surface area contributed by atoms with Crippen LogP contribution in [0.25, 0.3) is 10.9 Å². The number of rotatable bonds is 2. The van der Waals surface area contributed by atoms with Gasteiger partial charge < -0.3 is 14.5 Å². The summed E-state index contributed by atoms with van der Waals surface area (Å²) < 4.78 is 10.5. The van der Waals surface area contributed by atoms with E-state index in [1.54, 1.807) is 20.3 Å². The topological polar surface area (TPSA) is 58.0 Å². The average molecular weight is 216 g/mol. The van der Waals surface area contributed by atoms with Gasteiger partial charge in [0.2, 0.25) is 0 Å². The first kappa shape index (κ1) is 10.4. The van der Waals surface area contributed by atoms with Gasteiger partial charge in [0.05, 0.1) is 30.7 Å². The molecule has 0 aliphatic rings. The number of H-pyrrole nitrogens is 1. The normalized spacial score (nSPS) is 10.1. The molecule has 4 nitrogen and oxygen atoms in total. The van der Waals surface area contributed by atoms with Gasteiger partial charge in [0, 0.05) is 5.69 Å². The van der Waals surface area contributed by atoms with Crippen LogP contribution in [0.3, 0.4) is 0 Å². The van der Waals surface area contributed by atoms with Crippen molar-refractivity contribution in [3.8, 4) is 17.6 Å². The second-order valence-electron chi connectivity index (χ2n) is 3.46. The number of hydrogen-bond acceptors (Lipinski definition) is 3. The van der Waals surface area contributed by atoms with E-state index < -0.39 is 0 Å². The molecule has 0 atom stereocenters. The fourth-order valence-electron chi connectivity index (χ4n) is 1.85. The zero-order valence-corrected chi connectivity index (χ0v) is 9.42. The molecule has 1 aromatic carbocycles. The predicted molar refractivity (Wildman–Crippen MR) is 60.9 cm³/mol. The summed E-state index contributed by atoms with van der Waals surface area (Å²) >= 11 is 0. The van der Waals surface area contributed by atoms with Crippen LogP contribution in [-0.4, -0.2) is 19.2 Å². The summed E-state index contributed by atoms with van der Waals surface area (Å²) in [5.74, 6) is 1.39.